The van der Waals surface area contributed by atoms with Gasteiger partial charge in [-0.15, -0.1) is 0 Å². The zero-order valence-electron chi connectivity index (χ0n) is 7.30. The third kappa shape index (κ3) is 2.86. The third-order valence-electron chi connectivity index (χ3n) is 1.41. The maximum absolute atomic E-state index is 10.8. The summed E-state index contributed by atoms with van der Waals surface area (Å²) in [5.74, 6) is -1.27. The number of sulfonamides is 1. The maximum atomic E-state index is 10.8. The molecule has 0 spiro atoms. The summed E-state index contributed by atoms with van der Waals surface area (Å²) in [7, 11) is -3.59. The lowest BCUT2D eigenvalue weighted by Gasteiger charge is -2.09. The van der Waals surface area contributed by atoms with Gasteiger partial charge >= 0.3 is 5.97 Å². The van der Waals surface area contributed by atoms with E-state index >= 15 is 0 Å². The van der Waals surface area contributed by atoms with Crippen LogP contribution in [0.1, 0.15) is 11.8 Å². The van der Waals surface area contributed by atoms with Gasteiger partial charge in [-0.2, -0.15) is 4.72 Å². The van der Waals surface area contributed by atoms with E-state index in [1.807, 2.05) is 4.72 Å². The van der Waals surface area contributed by atoms with Crippen molar-refractivity contribution in [2.24, 2.45) is 0 Å². The molecule has 1 heterocycles. The molecule has 0 aromatic carbocycles. The van der Waals surface area contributed by atoms with Crippen molar-refractivity contribution in [3.05, 3.63) is 24.2 Å². The molecule has 1 aromatic heterocycles. The van der Waals surface area contributed by atoms with Gasteiger partial charge < -0.3 is 9.52 Å². The Morgan fingerprint density at radius 2 is 2.29 bits per heavy atom. The van der Waals surface area contributed by atoms with Gasteiger partial charge in [0.25, 0.3) is 0 Å². The van der Waals surface area contributed by atoms with Crippen molar-refractivity contribution in [1.29, 1.82) is 0 Å². The predicted molar refractivity (Wildman–Crippen MR) is 47.1 cm³/mol. The Balaban J connectivity index is 2.93. The molecule has 0 bridgehead atoms. The summed E-state index contributed by atoms with van der Waals surface area (Å²) in [4.78, 5) is 10.7. The first-order chi connectivity index (χ1) is 6.40. The van der Waals surface area contributed by atoms with Crippen molar-refractivity contribution in [3.8, 4) is 0 Å². The van der Waals surface area contributed by atoms with Crippen LogP contribution in [0.2, 0.25) is 0 Å². The van der Waals surface area contributed by atoms with Gasteiger partial charge in [-0.05, 0) is 12.1 Å². The molecule has 1 unspecified atom stereocenters. The van der Waals surface area contributed by atoms with Gasteiger partial charge in [0.05, 0.1) is 12.5 Å². The predicted octanol–water partition coefficient (Wildman–Crippen LogP) is -0.0455. The number of rotatable bonds is 4. The molecule has 0 saturated heterocycles. The van der Waals surface area contributed by atoms with Crippen molar-refractivity contribution in [2.75, 3.05) is 6.26 Å². The molecule has 1 rings (SSSR count). The van der Waals surface area contributed by atoms with E-state index in [0.717, 1.165) is 6.26 Å². The molecule has 1 atom stereocenters. The fourth-order valence-electron chi connectivity index (χ4n) is 0.900. The molecule has 0 aliphatic heterocycles. The number of hydrogen-bond acceptors (Lipinski definition) is 4. The van der Waals surface area contributed by atoms with Crippen LogP contribution < -0.4 is 4.72 Å². The zero-order valence-corrected chi connectivity index (χ0v) is 8.11. The summed E-state index contributed by atoms with van der Waals surface area (Å²) in [6.45, 7) is 0. The second-order valence-electron chi connectivity index (χ2n) is 2.68. The molecule has 14 heavy (non-hydrogen) atoms. The highest BCUT2D eigenvalue weighted by Crippen LogP contribution is 2.14. The van der Waals surface area contributed by atoms with Crippen LogP contribution in [0.15, 0.2) is 22.8 Å². The van der Waals surface area contributed by atoms with E-state index in [9.17, 15) is 13.2 Å². The van der Waals surface area contributed by atoms with Crippen LogP contribution in [0.25, 0.3) is 0 Å². The van der Waals surface area contributed by atoms with Crippen LogP contribution in [-0.4, -0.2) is 25.7 Å². The second kappa shape index (κ2) is 3.81. The Morgan fingerprint density at radius 1 is 1.64 bits per heavy atom. The summed E-state index contributed by atoms with van der Waals surface area (Å²) >= 11 is 0. The number of furan rings is 1. The molecule has 0 fully saturated rings. The Hall–Kier alpha value is -1.34. The largest absolute Gasteiger partial charge is 0.480 e. The van der Waals surface area contributed by atoms with Crippen LogP contribution in [0.4, 0.5) is 0 Å². The Morgan fingerprint density at radius 3 is 2.64 bits per heavy atom. The van der Waals surface area contributed by atoms with Gasteiger partial charge in [-0.3, -0.25) is 0 Å². The second-order valence-corrected chi connectivity index (χ2v) is 4.46. The number of carboxylic acids is 1. The maximum Gasteiger partial charge on any atom is 0.329 e. The molecule has 0 amide bonds. The van der Waals surface area contributed by atoms with E-state index < -0.39 is 22.0 Å². The van der Waals surface area contributed by atoms with Crippen LogP contribution in [0, 0.1) is 0 Å². The minimum absolute atomic E-state index is 0.0444. The third-order valence-corrected chi connectivity index (χ3v) is 2.07. The van der Waals surface area contributed by atoms with Gasteiger partial charge in [-0.1, -0.05) is 0 Å². The molecule has 6 nitrogen and oxygen atoms in total. The van der Waals surface area contributed by atoms with Crippen LogP contribution in [0.3, 0.4) is 0 Å². The highest BCUT2D eigenvalue weighted by Gasteiger charge is 2.25. The zero-order chi connectivity index (χ0) is 10.8. The van der Waals surface area contributed by atoms with Crippen molar-refractivity contribution in [1.82, 2.24) is 4.72 Å². The molecule has 78 valence electrons. The lowest BCUT2D eigenvalue weighted by Crippen LogP contribution is -2.32. The summed E-state index contributed by atoms with van der Waals surface area (Å²) in [6.07, 6.45) is 2.15. The van der Waals surface area contributed by atoms with Gasteiger partial charge in [0.1, 0.15) is 5.76 Å². The minimum Gasteiger partial charge on any atom is -0.480 e. The monoisotopic (exact) mass is 219 g/mol. The summed E-state index contributed by atoms with van der Waals surface area (Å²) in [6, 6.07) is 1.49. The number of carbonyl (C=O) groups is 1. The topological polar surface area (TPSA) is 96.6 Å². The SMILES string of the molecule is CS(=O)(=O)NC(C(=O)O)c1ccco1. The van der Waals surface area contributed by atoms with Crippen molar-refractivity contribution < 1.29 is 22.7 Å². The van der Waals surface area contributed by atoms with Crippen molar-refractivity contribution in [2.45, 2.75) is 6.04 Å². The molecular weight excluding hydrogens is 210 g/mol. The first-order valence-electron chi connectivity index (χ1n) is 3.63. The van der Waals surface area contributed by atoms with Gasteiger partial charge in [0.15, 0.2) is 6.04 Å². The van der Waals surface area contributed by atoms with E-state index in [1.54, 1.807) is 0 Å². The minimum atomic E-state index is -3.59. The first-order valence-corrected chi connectivity index (χ1v) is 5.53. The average molecular weight is 219 g/mol. The lowest BCUT2D eigenvalue weighted by molar-refractivity contribution is -0.139. The van der Waals surface area contributed by atoms with E-state index in [-0.39, 0.29) is 5.76 Å². The summed E-state index contributed by atoms with van der Waals surface area (Å²) < 4.78 is 28.4. The summed E-state index contributed by atoms with van der Waals surface area (Å²) in [5.41, 5.74) is 0. The number of nitrogens with one attached hydrogen (secondary N) is 1. The molecule has 7 heteroatoms. The quantitative estimate of drug-likeness (QED) is 0.740. The van der Waals surface area contributed by atoms with E-state index in [2.05, 4.69) is 0 Å². The molecule has 0 aliphatic rings. The van der Waals surface area contributed by atoms with E-state index in [1.165, 1.54) is 18.4 Å². The molecule has 1 aromatic rings. The fraction of sp³-hybridized carbons (Fsp3) is 0.286. The van der Waals surface area contributed by atoms with Gasteiger partial charge in [0, 0.05) is 0 Å². The van der Waals surface area contributed by atoms with Gasteiger partial charge in [0.2, 0.25) is 10.0 Å². The Kier molecular flexibility index (Phi) is 2.92. The lowest BCUT2D eigenvalue weighted by atomic mass is 10.2. The molecular formula is C7H9NO5S. The molecule has 0 aliphatic carbocycles. The summed E-state index contributed by atoms with van der Waals surface area (Å²) in [5, 5.41) is 8.72. The number of aliphatic carboxylic acids is 1. The van der Waals surface area contributed by atoms with Gasteiger partial charge in [-0.25, -0.2) is 13.2 Å². The van der Waals surface area contributed by atoms with Crippen LogP contribution in [-0.2, 0) is 14.8 Å². The van der Waals surface area contributed by atoms with Crippen LogP contribution >= 0.6 is 0 Å². The average Bonchev–Trinajstić information content (AvgIpc) is 2.49. The molecule has 0 radical (unpaired) electrons. The van der Waals surface area contributed by atoms with Crippen molar-refractivity contribution >= 4 is 16.0 Å². The van der Waals surface area contributed by atoms with E-state index in [4.69, 9.17) is 9.52 Å². The van der Waals surface area contributed by atoms with Crippen molar-refractivity contribution in [3.63, 3.8) is 0 Å². The number of carboxylic acid groups (broad SMARTS) is 1. The smallest absolute Gasteiger partial charge is 0.329 e. The van der Waals surface area contributed by atoms with Crippen LogP contribution in [0.5, 0.6) is 0 Å². The molecule has 0 saturated carbocycles. The normalized spacial score (nSPS) is 13.8. The number of hydrogen-bond donors (Lipinski definition) is 2. The standard InChI is InChI=1S/C7H9NO5S/c1-14(11,12)8-6(7(9)10)5-3-2-4-13-5/h2-4,6,8H,1H3,(H,9,10). The molecule has 2 N–H and O–H groups in total. The fourth-order valence-corrected chi connectivity index (χ4v) is 1.54. The van der Waals surface area contributed by atoms with E-state index in [0.29, 0.717) is 0 Å². The first kappa shape index (κ1) is 10.7. The highest BCUT2D eigenvalue weighted by molar-refractivity contribution is 7.88. The highest BCUT2D eigenvalue weighted by atomic mass is 32.2. The Bertz CT molecular complexity index is 407. The Labute approximate surface area is 80.6 Å².